The van der Waals surface area contributed by atoms with Gasteiger partial charge in [0.25, 0.3) is 0 Å². The van der Waals surface area contributed by atoms with E-state index < -0.39 is 5.97 Å². The topological polar surface area (TPSA) is 66.4 Å². The Morgan fingerprint density at radius 1 is 1.50 bits per heavy atom. The van der Waals surface area contributed by atoms with Crippen LogP contribution in [0.4, 0.5) is 0 Å². The third kappa shape index (κ3) is 6.77. The van der Waals surface area contributed by atoms with Crippen LogP contribution in [0.5, 0.6) is 0 Å². The van der Waals surface area contributed by atoms with Crippen molar-refractivity contribution in [2.45, 2.75) is 32.2 Å². The normalized spacial score (nSPS) is 12.1. The largest absolute Gasteiger partial charge is 0.481 e. The first-order valence-corrected chi connectivity index (χ1v) is 5.99. The molecule has 0 aliphatic rings. The van der Waals surface area contributed by atoms with Gasteiger partial charge < -0.3 is 10.4 Å². The van der Waals surface area contributed by atoms with Crippen LogP contribution >= 0.6 is 11.8 Å². The van der Waals surface area contributed by atoms with Crippen molar-refractivity contribution < 1.29 is 14.7 Å². The van der Waals surface area contributed by atoms with Crippen molar-refractivity contribution in [3.8, 4) is 0 Å². The first kappa shape index (κ1) is 13.3. The molecule has 2 N–H and O–H groups in total. The highest BCUT2D eigenvalue weighted by atomic mass is 32.2. The first-order chi connectivity index (χ1) is 6.60. The van der Waals surface area contributed by atoms with E-state index in [1.165, 1.54) is 11.8 Å². The average Bonchev–Trinajstić information content (AvgIpc) is 2.03. The number of carboxylic acid groups (broad SMARTS) is 1. The van der Waals surface area contributed by atoms with Gasteiger partial charge in [-0.3, -0.25) is 9.59 Å². The first-order valence-electron chi connectivity index (χ1n) is 4.60. The third-order valence-electron chi connectivity index (χ3n) is 1.70. The number of carboxylic acids is 1. The molecule has 0 heterocycles. The lowest BCUT2D eigenvalue weighted by Crippen LogP contribution is -2.37. The Bertz CT molecular complexity index is 196. The Labute approximate surface area is 88.4 Å². The van der Waals surface area contributed by atoms with Gasteiger partial charge >= 0.3 is 5.97 Å². The number of hydrogen-bond acceptors (Lipinski definition) is 3. The van der Waals surface area contributed by atoms with Gasteiger partial charge in [0, 0.05) is 6.04 Å². The van der Waals surface area contributed by atoms with E-state index >= 15 is 0 Å². The van der Waals surface area contributed by atoms with Crippen molar-refractivity contribution in [2.75, 3.05) is 12.0 Å². The number of nitrogens with one attached hydrogen (secondary N) is 1. The lowest BCUT2D eigenvalue weighted by atomic mass is 10.1. The van der Waals surface area contributed by atoms with Crippen LogP contribution in [0.25, 0.3) is 0 Å². The summed E-state index contributed by atoms with van der Waals surface area (Å²) in [6.07, 6.45) is 3.43. The lowest BCUT2D eigenvalue weighted by molar-refractivity contribution is -0.137. The molecule has 0 saturated carbocycles. The smallest absolute Gasteiger partial charge is 0.305 e. The van der Waals surface area contributed by atoms with E-state index in [1.54, 1.807) is 0 Å². The minimum Gasteiger partial charge on any atom is -0.481 e. The molecule has 0 aromatic rings. The summed E-state index contributed by atoms with van der Waals surface area (Å²) in [7, 11) is 0. The number of rotatable bonds is 7. The van der Waals surface area contributed by atoms with Crippen molar-refractivity contribution in [2.24, 2.45) is 0 Å². The van der Waals surface area contributed by atoms with Crippen LogP contribution in [0, 0.1) is 0 Å². The zero-order chi connectivity index (χ0) is 11.0. The maximum Gasteiger partial charge on any atom is 0.305 e. The van der Waals surface area contributed by atoms with Gasteiger partial charge in [0.2, 0.25) is 5.91 Å². The van der Waals surface area contributed by atoms with Gasteiger partial charge in [-0.2, -0.15) is 11.8 Å². The van der Waals surface area contributed by atoms with Gasteiger partial charge in [-0.05, 0) is 12.7 Å². The molecule has 0 spiro atoms. The molecule has 1 atom stereocenters. The Hall–Kier alpha value is -0.710. The summed E-state index contributed by atoms with van der Waals surface area (Å²) in [6.45, 7) is 1.97. The molecule has 0 aliphatic carbocycles. The number of carbonyl (C=O) groups excluding carboxylic acids is 1. The molecule has 0 bridgehead atoms. The summed E-state index contributed by atoms with van der Waals surface area (Å²) in [4.78, 5) is 21.7. The predicted molar refractivity (Wildman–Crippen MR) is 57.5 cm³/mol. The maximum atomic E-state index is 11.2. The molecule has 82 valence electrons. The maximum absolute atomic E-state index is 11.2. The highest BCUT2D eigenvalue weighted by molar-refractivity contribution is 7.99. The number of aliphatic carboxylic acids is 1. The van der Waals surface area contributed by atoms with Crippen LogP contribution in [0.15, 0.2) is 0 Å². The Morgan fingerprint density at radius 3 is 2.57 bits per heavy atom. The van der Waals surface area contributed by atoms with E-state index in [0.29, 0.717) is 12.2 Å². The molecule has 14 heavy (non-hydrogen) atoms. The second-order valence-electron chi connectivity index (χ2n) is 3.08. The van der Waals surface area contributed by atoms with Crippen LogP contribution < -0.4 is 5.32 Å². The Morgan fingerprint density at radius 2 is 2.14 bits per heavy atom. The quantitative estimate of drug-likeness (QED) is 0.673. The van der Waals surface area contributed by atoms with Crippen molar-refractivity contribution in [1.29, 1.82) is 0 Å². The van der Waals surface area contributed by atoms with Crippen molar-refractivity contribution in [1.82, 2.24) is 5.32 Å². The molecule has 5 heteroatoms. The van der Waals surface area contributed by atoms with Gasteiger partial charge in [0.05, 0.1) is 12.2 Å². The van der Waals surface area contributed by atoms with Crippen molar-refractivity contribution >= 4 is 23.6 Å². The molecule has 1 amide bonds. The number of hydrogen-bond donors (Lipinski definition) is 2. The molecule has 0 saturated heterocycles. The molecular formula is C9H17NO3S. The zero-order valence-corrected chi connectivity index (χ0v) is 9.39. The van der Waals surface area contributed by atoms with Crippen LogP contribution in [-0.4, -0.2) is 35.0 Å². The lowest BCUT2D eigenvalue weighted by Gasteiger charge is -2.15. The molecule has 0 aromatic carbocycles. The second-order valence-corrected chi connectivity index (χ2v) is 3.95. The van der Waals surface area contributed by atoms with Crippen LogP contribution in [0.3, 0.4) is 0 Å². The minimum atomic E-state index is -0.868. The number of carbonyl (C=O) groups is 2. The van der Waals surface area contributed by atoms with Crippen LogP contribution in [0.1, 0.15) is 26.2 Å². The third-order valence-corrected chi connectivity index (χ3v) is 2.25. The standard InChI is InChI=1S/C9H17NO3S/c1-3-4-7(5-9(12)13)10-8(11)6-14-2/h7H,3-6H2,1-2H3,(H,10,11)(H,12,13). The SMILES string of the molecule is CCCC(CC(=O)O)NC(=O)CSC. The van der Waals surface area contributed by atoms with E-state index in [4.69, 9.17) is 5.11 Å². The average molecular weight is 219 g/mol. The fourth-order valence-corrected chi connectivity index (χ4v) is 1.53. The van der Waals surface area contributed by atoms with Crippen molar-refractivity contribution in [3.05, 3.63) is 0 Å². The van der Waals surface area contributed by atoms with E-state index in [0.717, 1.165) is 6.42 Å². The van der Waals surface area contributed by atoms with E-state index in [9.17, 15) is 9.59 Å². The summed E-state index contributed by atoms with van der Waals surface area (Å²) in [5.41, 5.74) is 0. The number of amides is 1. The van der Waals surface area contributed by atoms with Gasteiger partial charge in [-0.15, -0.1) is 0 Å². The Kier molecular flexibility index (Phi) is 7.28. The molecular weight excluding hydrogens is 202 g/mol. The molecule has 0 aromatic heterocycles. The van der Waals surface area contributed by atoms with E-state index in [1.807, 2.05) is 13.2 Å². The Balaban J connectivity index is 3.94. The van der Waals surface area contributed by atoms with Crippen LogP contribution in [-0.2, 0) is 9.59 Å². The summed E-state index contributed by atoms with van der Waals surface area (Å²) in [5, 5.41) is 11.3. The molecule has 0 rings (SSSR count). The van der Waals surface area contributed by atoms with Crippen LogP contribution in [0.2, 0.25) is 0 Å². The zero-order valence-electron chi connectivity index (χ0n) is 8.58. The predicted octanol–water partition coefficient (Wildman–Crippen LogP) is 1.11. The highest BCUT2D eigenvalue weighted by Gasteiger charge is 2.14. The summed E-state index contributed by atoms with van der Waals surface area (Å²) < 4.78 is 0. The summed E-state index contributed by atoms with van der Waals surface area (Å²) >= 11 is 1.43. The summed E-state index contributed by atoms with van der Waals surface area (Å²) in [5.74, 6) is -0.565. The fourth-order valence-electron chi connectivity index (χ4n) is 1.18. The van der Waals surface area contributed by atoms with Gasteiger partial charge in [0.1, 0.15) is 0 Å². The van der Waals surface area contributed by atoms with Gasteiger partial charge in [-0.1, -0.05) is 13.3 Å². The number of thioether (sulfide) groups is 1. The van der Waals surface area contributed by atoms with E-state index in [2.05, 4.69) is 5.32 Å². The molecule has 4 nitrogen and oxygen atoms in total. The van der Waals surface area contributed by atoms with Gasteiger partial charge in [0.15, 0.2) is 0 Å². The monoisotopic (exact) mass is 219 g/mol. The minimum absolute atomic E-state index is 0.00790. The highest BCUT2D eigenvalue weighted by Crippen LogP contribution is 2.02. The molecule has 0 fully saturated rings. The van der Waals surface area contributed by atoms with E-state index in [-0.39, 0.29) is 18.4 Å². The van der Waals surface area contributed by atoms with Crippen molar-refractivity contribution in [3.63, 3.8) is 0 Å². The van der Waals surface area contributed by atoms with Gasteiger partial charge in [-0.25, -0.2) is 0 Å². The molecule has 0 radical (unpaired) electrons. The molecule has 1 unspecified atom stereocenters. The summed E-state index contributed by atoms with van der Waals surface area (Å²) in [6, 6.07) is -0.225. The second kappa shape index (κ2) is 7.67. The molecule has 0 aliphatic heterocycles. The fraction of sp³-hybridized carbons (Fsp3) is 0.778.